The topological polar surface area (TPSA) is 122 Å². The van der Waals surface area contributed by atoms with Crippen LogP contribution in [0.3, 0.4) is 0 Å². The predicted molar refractivity (Wildman–Crippen MR) is 135 cm³/mol. The van der Waals surface area contributed by atoms with Gasteiger partial charge in [0.05, 0.1) is 13.2 Å². The first-order valence-corrected chi connectivity index (χ1v) is 11.4. The van der Waals surface area contributed by atoms with Crippen molar-refractivity contribution >= 4 is 28.2 Å². The number of nitrogens with two attached hydrogens (primary N) is 1. The number of anilines is 2. The van der Waals surface area contributed by atoms with Crippen molar-refractivity contribution in [3.63, 3.8) is 0 Å². The third kappa shape index (κ3) is 5.73. The number of ether oxygens (including phenoxy) is 1. The predicted octanol–water partition coefficient (Wildman–Crippen LogP) is 2.26. The Morgan fingerprint density at radius 1 is 1.15 bits per heavy atom. The number of hydrogen-bond acceptors (Lipinski definition) is 6. The van der Waals surface area contributed by atoms with Crippen molar-refractivity contribution in [1.29, 1.82) is 0 Å². The van der Waals surface area contributed by atoms with E-state index in [1.807, 2.05) is 51.1 Å². The van der Waals surface area contributed by atoms with E-state index in [1.165, 1.54) is 16.6 Å². The lowest BCUT2D eigenvalue weighted by Crippen LogP contribution is -2.46. The van der Waals surface area contributed by atoms with E-state index >= 15 is 0 Å². The van der Waals surface area contributed by atoms with Crippen LogP contribution in [0.4, 0.5) is 11.5 Å². The molecule has 0 radical (unpaired) electrons. The van der Waals surface area contributed by atoms with Gasteiger partial charge in [-0.05, 0) is 35.2 Å². The van der Waals surface area contributed by atoms with Gasteiger partial charge < -0.3 is 20.7 Å². The molecule has 0 unspecified atom stereocenters. The number of aromatic nitrogens is 2. The quantitative estimate of drug-likeness (QED) is 0.420. The summed E-state index contributed by atoms with van der Waals surface area (Å²) < 4.78 is 6.43. The molecule has 0 aliphatic heterocycles. The molecule has 34 heavy (non-hydrogen) atoms. The molecule has 0 aliphatic carbocycles. The molecule has 0 saturated carbocycles. The SMILES string of the molecule is COCCN(C(=O)CN[C@@H](C)c1ccc2ccccc2c1)c1c(N)n(CC(C)C)c(=O)[nH]c1=O. The van der Waals surface area contributed by atoms with E-state index in [4.69, 9.17) is 10.5 Å². The number of methoxy groups -OCH3 is 1. The highest BCUT2D eigenvalue weighted by atomic mass is 16.5. The minimum absolute atomic E-state index is 0.0279. The monoisotopic (exact) mass is 467 g/mol. The highest BCUT2D eigenvalue weighted by Gasteiger charge is 2.24. The number of benzene rings is 2. The molecule has 1 atom stereocenters. The van der Waals surface area contributed by atoms with Gasteiger partial charge >= 0.3 is 5.69 Å². The average Bonchev–Trinajstić information content (AvgIpc) is 2.81. The maximum atomic E-state index is 13.2. The summed E-state index contributed by atoms with van der Waals surface area (Å²) in [7, 11) is 1.51. The van der Waals surface area contributed by atoms with Crippen LogP contribution in [0.2, 0.25) is 0 Å². The number of carbonyl (C=O) groups is 1. The number of nitrogen functional groups attached to an aromatic ring is 1. The Hall–Kier alpha value is -3.43. The fourth-order valence-electron chi connectivity index (χ4n) is 3.86. The number of hydrogen-bond donors (Lipinski definition) is 3. The molecule has 0 spiro atoms. The van der Waals surface area contributed by atoms with Gasteiger partial charge in [0.25, 0.3) is 5.56 Å². The molecule has 1 heterocycles. The van der Waals surface area contributed by atoms with Crippen molar-refractivity contribution in [2.75, 3.05) is 37.4 Å². The summed E-state index contributed by atoms with van der Waals surface area (Å²) in [6.07, 6.45) is 0. The van der Waals surface area contributed by atoms with Crippen LogP contribution in [0.1, 0.15) is 32.4 Å². The van der Waals surface area contributed by atoms with Crippen LogP contribution in [-0.2, 0) is 16.1 Å². The van der Waals surface area contributed by atoms with Crippen molar-refractivity contribution in [2.24, 2.45) is 5.92 Å². The lowest BCUT2D eigenvalue weighted by molar-refractivity contribution is -0.118. The van der Waals surface area contributed by atoms with Gasteiger partial charge in [0, 0.05) is 26.2 Å². The highest BCUT2D eigenvalue weighted by molar-refractivity contribution is 5.97. The van der Waals surface area contributed by atoms with Crippen LogP contribution in [0.15, 0.2) is 52.1 Å². The summed E-state index contributed by atoms with van der Waals surface area (Å²) in [5.41, 5.74) is 5.94. The zero-order valence-electron chi connectivity index (χ0n) is 20.1. The lowest BCUT2D eigenvalue weighted by Gasteiger charge is -2.25. The number of nitrogens with one attached hydrogen (secondary N) is 2. The van der Waals surface area contributed by atoms with E-state index in [9.17, 15) is 14.4 Å². The van der Waals surface area contributed by atoms with Gasteiger partial charge in [-0.15, -0.1) is 0 Å². The number of fused-ring (bicyclic) bond motifs is 1. The molecule has 0 bridgehead atoms. The van der Waals surface area contributed by atoms with Crippen LogP contribution in [-0.4, -0.2) is 42.3 Å². The number of rotatable bonds is 10. The Morgan fingerprint density at radius 2 is 1.85 bits per heavy atom. The second-order valence-electron chi connectivity index (χ2n) is 8.74. The fourth-order valence-corrected chi connectivity index (χ4v) is 3.86. The molecule has 9 nitrogen and oxygen atoms in total. The molecule has 1 amide bonds. The molecule has 182 valence electrons. The largest absolute Gasteiger partial charge is 0.383 e. The van der Waals surface area contributed by atoms with Crippen molar-refractivity contribution in [2.45, 2.75) is 33.4 Å². The zero-order valence-corrected chi connectivity index (χ0v) is 20.1. The second-order valence-corrected chi connectivity index (χ2v) is 8.74. The molecule has 2 aromatic carbocycles. The maximum Gasteiger partial charge on any atom is 0.330 e. The van der Waals surface area contributed by atoms with Gasteiger partial charge in [0.2, 0.25) is 5.91 Å². The molecular weight excluding hydrogens is 434 g/mol. The van der Waals surface area contributed by atoms with Crippen molar-refractivity contribution in [1.82, 2.24) is 14.9 Å². The number of H-pyrrole nitrogens is 1. The summed E-state index contributed by atoms with van der Waals surface area (Å²) >= 11 is 0. The van der Waals surface area contributed by atoms with E-state index in [0.29, 0.717) is 6.54 Å². The highest BCUT2D eigenvalue weighted by Crippen LogP contribution is 2.21. The van der Waals surface area contributed by atoms with E-state index in [0.717, 1.165) is 16.3 Å². The molecule has 4 N–H and O–H groups in total. The first-order valence-electron chi connectivity index (χ1n) is 11.4. The summed E-state index contributed by atoms with van der Waals surface area (Å²) in [5, 5.41) is 5.50. The summed E-state index contributed by atoms with van der Waals surface area (Å²) in [5.74, 6) is -0.266. The third-order valence-electron chi connectivity index (χ3n) is 5.68. The van der Waals surface area contributed by atoms with Crippen LogP contribution in [0.5, 0.6) is 0 Å². The lowest BCUT2D eigenvalue weighted by atomic mass is 10.0. The Morgan fingerprint density at radius 3 is 2.53 bits per heavy atom. The third-order valence-corrected chi connectivity index (χ3v) is 5.68. The van der Waals surface area contributed by atoms with Gasteiger partial charge in [-0.2, -0.15) is 0 Å². The maximum absolute atomic E-state index is 13.2. The van der Waals surface area contributed by atoms with Crippen molar-refractivity contribution < 1.29 is 9.53 Å². The van der Waals surface area contributed by atoms with E-state index < -0.39 is 11.2 Å². The number of aromatic amines is 1. The normalized spacial score (nSPS) is 12.3. The smallest absolute Gasteiger partial charge is 0.330 e. The molecule has 0 aliphatic rings. The Labute approximate surface area is 198 Å². The Balaban J connectivity index is 1.84. The zero-order chi connectivity index (χ0) is 24.8. The van der Waals surface area contributed by atoms with Gasteiger partial charge in [-0.3, -0.25) is 19.1 Å². The van der Waals surface area contributed by atoms with E-state index in [2.05, 4.69) is 22.4 Å². The van der Waals surface area contributed by atoms with Crippen LogP contribution in [0.25, 0.3) is 10.8 Å². The molecule has 3 rings (SSSR count). The summed E-state index contributed by atoms with van der Waals surface area (Å²) in [6, 6.07) is 14.1. The van der Waals surface area contributed by atoms with Crippen LogP contribution in [0, 0.1) is 5.92 Å². The van der Waals surface area contributed by atoms with Gasteiger partial charge in [-0.25, -0.2) is 4.79 Å². The molecule has 3 aromatic rings. The number of amides is 1. The average molecular weight is 468 g/mol. The van der Waals surface area contributed by atoms with E-state index in [1.54, 1.807) is 0 Å². The number of nitrogens with zero attached hydrogens (tertiary/aromatic N) is 2. The molecule has 9 heteroatoms. The van der Waals surface area contributed by atoms with Gasteiger partial charge in [0.15, 0.2) is 5.69 Å². The van der Waals surface area contributed by atoms with Gasteiger partial charge in [0.1, 0.15) is 5.82 Å². The molecule has 0 fully saturated rings. The van der Waals surface area contributed by atoms with Crippen LogP contribution < -0.4 is 27.2 Å². The van der Waals surface area contributed by atoms with Crippen molar-refractivity contribution in [3.8, 4) is 0 Å². The molecular formula is C25H33N5O4. The van der Waals surface area contributed by atoms with Gasteiger partial charge in [-0.1, -0.05) is 50.2 Å². The Kier molecular flexibility index (Phi) is 8.25. The first-order chi connectivity index (χ1) is 16.2. The minimum atomic E-state index is -0.700. The van der Waals surface area contributed by atoms with Crippen LogP contribution >= 0.6 is 0 Å². The minimum Gasteiger partial charge on any atom is -0.383 e. The van der Waals surface area contributed by atoms with E-state index in [-0.39, 0.29) is 49.1 Å². The standard InChI is InChI=1S/C25H33N5O4/c1-16(2)15-30-23(26)22(24(32)28-25(30)33)29(11-12-34-4)21(31)14-27-17(3)19-10-9-18-7-5-6-8-20(18)13-19/h5-10,13,16-17,27H,11-12,14-15,26H2,1-4H3,(H,28,32,33)/t17-/m0/s1. The summed E-state index contributed by atoms with van der Waals surface area (Å²) in [6.45, 7) is 6.45. The second kappa shape index (κ2) is 11.1. The summed E-state index contributed by atoms with van der Waals surface area (Å²) in [4.78, 5) is 41.8. The Bertz CT molecular complexity index is 1260. The number of carbonyl (C=O) groups excluding carboxylic acids is 1. The fraction of sp³-hybridized carbons (Fsp3) is 0.400. The molecule has 0 saturated heterocycles. The van der Waals surface area contributed by atoms with Crippen molar-refractivity contribution in [3.05, 3.63) is 68.9 Å². The first kappa shape index (κ1) is 25.2. The molecule has 1 aromatic heterocycles.